The Bertz CT molecular complexity index is 352. The predicted octanol–water partition coefficient (Wildman–Crippen LogP) is -1.59. The molecule has 1 amide bonds. The molecule has 19 heavy (non-hydrogen) atoms. The number of rotatable bonds is 6. The van der Waals surface area contributed by atoms with Crippen LogP contribution in [-0.4, -0.2) is 76.6 Å². The van der Waals surface area contributed by atoms with Crippen LogP contribution in [0, 0.1) is 0 Å². The van der Waals surface area contributed by atoms with Gasteiger partial charge in [0.2, 0.25) is 5.91 Å². The van der Waals surface area contributed by atoms with Crippen molar-refractivity contribution in [2.45, 2.75) is 18.9 Å². The molecule has 8 nitrogen and oxygen atoms in total. The average Bonchev–Trinajstić information content (AvgIpc) is 2.35. The lowest BCUT2D eigenvalue weighted by molar-refractivity contribution is -0.139. The van der Waals surface area contributed by atoms with Crippen molar-refractivity contribution in [3.05, 3.63) is 0 Å². The van der Waals surface area contributed by atoms with Crippen LogP contribution >= 0.6 is 0 Å². The number of nitrogens with zero attached hydrogens (tertiary/aromatic N) is 2. The summed E-state index contributed by atoms with van der Waals surface area (Å²) in [5.41, 5.74) is 5.33. The molecular formula is C11H19N3O5. The minimum Gasteiger partial charge on any atom is -0.480 e. The smallest absolute Gasteiger partial charge is 0.320 e. The summed E-state index contributed by atoms with van der Waals surface area (Å²) < 4.78 is 0. The van der Waals surface area contributed by atoms with Gasteiger partial charge in [0.15, 0.2) is 0 Å². The highest BCUT2D eigenvalue weighted by Gasteiger charge is 2.23. The lowest BCUT2D eigenvalue weighted by atomic mass is 10.1. The molecule has 0 aliphatic carbocycles. The Morgan fingerprint density at radius 2 is 1.68 bits per heavy atom. The van der Waals surface area contributed by atoms with Crippen LogP contribution in [0.3, 0.4) is 0 Å². The summed E-state index contributed by atoms with van der Waals surface area (Å²) in [4.78, 5) is 36.2. The molecule has 0 aromatic carbocycles. The third-order valence-electron chi connectivity index (χ3n) is 3.07. The molecule has 0 radical (unpaired) electrons. The molecule has 1 aliphatic heterocycles. The quantitative estimate of drug-likeness (QED) is 0.532. The molecule has 1 fully saturated rings. The van der Waals surface area contributed by atoms with E-state index in [-0.39, 0.29) is 25.3 Å². The van der Waals surface area contributed by atoms with E-state index in [2.05, 4.69) is 0 Å². The Morgan fingerprint density at radius 3 is 2.16 bits per heavy atom. The number of nitrogens with two attached hydrogens (primary N) is 1. The summed E-state index contributed by atoms with van der Waals surface area (Å²) in [6, 6.07) is -1.02. The highest BCUT2D eigenvalue weighted by Crippen LogP contribution is 2.06. The molecule has 1 saturated heterocycles. The second-order valence-corrected chi connectivity index (χ2v) is 4.53. The van der Waals surface area contributed by atoms with Gasteiger partial charge in [0, 0.05) is 32.6 Å². The first-order valence-electron chi connectivity index (χ1n) is 6.10. The van der Waals surface area contributed by atoms with E-state index in [0.717, 1.165) is 0 Å². The van der Waals surface area contributed by atoms with Gasteiger partial charge in [-0.3, -0.25) is 19.3 Å². The van der Waals surface area contributed by atoms with E-state index in [1.165, 1.54) is 0 Å². The van der Waals surface area contributed by atoms with Gasteiger partial charge >= 0.3 is 11.9 Å². The molecule has 4 N–H and O–H groups in total. The first-order valence-corrected chi connectivity index (χ1v) is 6.10. The first-order chi connectivity index (χ1) is 8.90. The number of hydrogen-bond donors (Lipinski definition) is 3. The fourth-order valence-electron chi connectivity index (χ4n) is 1.91. The van der Waals surface area contributed by atoms with Crippen molar-refractivity contribution in [1.82, 2.24) is 9.80 Å². The standard InChI is InChI=1S/C11H19N3O5/c12-8(11(18)19)1-2-9(15)14-5-3-13(4-6-14)7-10(16)17/h8H,1-7,12H2,(H,16,17)(H,18,19)/t8-/m0/s1. The molecule has 8 heteroatoms. The highest BCUT2D eigenvalue weighted by atomic mass is 16.4. The van der Waals surface area contributed by atoms with Gasteiger partial charge in [-0.15, -0.1) is 0 Å². The van der Waals surface area contributed by atoms with Crippen molar-refractivity contribution >= 4 is 17.8 Å². The maximum atomic E-state index is 11.8. The third-order valence-corrected chi connectivity index (χ3v) is 3.07. The molecule has 108 valence electrons. The zero-order valence-corrected chi connectivity index (χ0v) is 10.6. The maximum Gasteiger partial charge on any atom is 0.320 e. The Kier molecular flexibility index (Phi) is 5.71. The maximum absolute atomic E-state index is 11.8. The van der Waals surface area contributed by atoms with E-state index in [0.29, 0.717) is 26.2 Å². The number of carboxylic acid groups (broad SMARTS) is 2. The van der Waals surface area contributed by atoms with E-state index in [1.807, 2.05) is 0 Å². The molecule has 0 unspecified atom stereocenters. The van der Waals surface area contributed by atoms with Gasteiger partial charge in [0.05, 0.1) is 6.54 Å². The predicted molar refractivity (Wildman–Crippen MR) is 65.5 cm³/mol. The van der Waals surface area contributed by atoms with Crippen molar-refractivity contribution in [2.75, 3.05) is 32.7 Å². The fraction of sp³-hybridized carbons (Fsp3) is 0.727. The summed E-state index contributed by atoms with van der Waals surface area (Å²) in [7, 11) is 0. The van der Waals surface area contributed by atoms with Gasteiger partial charge in [-0.1, -0.05) is 0 Å². The Hall–Kier alpha value is -1.67. The number of hydrogen-bond acceptors (Lipinski definition) is 5. The largest absolute Gasteiger partial charge is 0.480 e. The molecule has 0 aromatic rings. The summed E-state index contributed by atoms with van der Waals surface area (Å²) in [5.74, 6) is -2.13. The zero-order chi connectivity index (χ0) is 14.4. The number of carboxylic acids is 2. The fourth-order valence-corrected chi connectivity index (χ4v) is 1.91. The van der Waals surface area contributed by atoms with E-state index in [4.69, 9.17) is 15.9 Å². The van der Waals surface area contributed by atoms with Crippen LogP contribution in [0.5, 0.6) is 0 Å². The highest BCUT2D eigenvalue weighted by molar-refractivity contribution is 5.78. The van der Waals surface area contributed by atoms with E-state index >= 15 is 0 Å². The van der Waals surface area contributed by atoms with Crippen molar-refractivity contribution in [3.63, 3.8) is 0 Å². The van der Waals surface area contributed by atoms with Gasteiger partial charge in [-0.25, -0.2) is 0 Å². The Balaban J connectivity index is 2.29. The molecule has 1 aliphatic rings. The molecule has 0 spiro atoms. The lowest BCUT2D eigenvalue weighted by Gasteiger charge is -2.34. The monoisotopic (exact) mass is 273 g/mol. The Morgan fingerprint density at radius 1 is 1.11 bits per heavy atom. The van der Waals surface area contributed by atoms with Crippen LogP contribution in [0.15, 0.2) is 0 Å². The number of aliphatic carboxylic acids is 2. The normalized spacial score (nSPS) is 18.1. The molecule has 0 saturated carbocycles. The number of amides is 1. The first kappa shape index (κ1) is 15.4. The summed E-state index contributed by atoms with van der Waals surface area (Å²) >= 11 is 0. The molecule has 1 atom stereocenters. The number of carbonyl (C=O) groups excluding carboxylic acids is 1. The van der Waals surface area contributed by atoms with Crippen molar-refractivity contribution in [2.24, 2.45) is 5.73 Å². The Labute approximate surface area is 110 Å². The third kappa shape index (κ3) is 5.23. The lowest BCUT2D eigenvalue weighted by Crippen LogP contribution is -2.50. The van der Waals surface area contributed by atoms with Gasteiger partial charge in [-0.05, 0) is 6.42 Å². The SMILES string of the molecule is N[C@@H](CCC(=O)N1CCN(CC(=O)O)CC1)C(=O)O. The van der Waals surface area contributed by atoms with Crippen LogP contribution in [0.25, 0.3) is 0 Å². The van der Waals surface area contributed by atoms with Crippen molar-refractivity contribution in [3.8, 4) is 0 Å². The van der Waals surface area contributed by atoms with Crippen molar-refractivity contribution < 1.29 is 24.6 Å². The van der Waals surface area contributed by atoms with Gasteiger partial charge in [0.1, 0.15) is 6.04 Å². The molecule has 1 rings (SSSR count). The minimum absolute atomic E-state index is 0.0219. The van der Waals surface area contributed by atoms with Gasteiger partial charge in [-0.2, -0.15) is 0 Å². The van der Waals surface area contributed by atoms with E-state index in [1.54, 1.807) is 9.80 Å². The van der Waals surface area contributed by atoms with Crippen LogP contribution < -0.4 is 5.73 Å². The zero-order valence-electron chi connectivity index (χ0n) is 10.6. The molecular weight excluding hydrogens is 254 g/mol. The van der Waals surface area contributed by atoms with Crippen LogP contribution in [0.4, 0.5) is 0 Å². The van der Waals surface area contributed by atoms with Gasteiger partial charge < -0.3 is 20.8 Å². The van der Waals surface area contributed by atoms with E-state index < -0.39 is 18.0 Å². The summed E-state index contributed by atoms with van der Waals surface area (Å²) in [6.45, 7) is 1.95. The number of carbonyl (C=O) groups is 3. The van der Waals surface area contributed by atoms with Gasteiger partial charge in [0.25, 0.3) is 0 Å². The second-order valence-electron chi connectivity index (χ2n) is 4.53. The molecule has 0 aromatic heterocycles. The van der Waals surface area contributed by atoms with Crippen LogP contribution in [-0.2, 0) is 14.4 Å². The number of piperazine rings is 1. The second kappa shape index (κ2) is 7.05. The minimum atomic E-state index is -1.11. The van der Waals surface area contributed by atoms with Crippen LogP contribution in [0.1, 0.15) is 12.8 Å². The summed E-state index contributed by atoms with van der Waals surface area (Å²) in [5, 5.41) is 17.3. The summed E-state index contributed by atoms with van der Waals surface area (Å²) in [6.07, 6.45) is 0.218. The topological polar surface area (TPSA) is 124 Å². The molecule has 1 heterocycles. The average molecular weight is 273 g/mol. The van der Waals surface area contributed by atoms with Crippen LogP contribution in [0.2, 0.25) is 0 Å². The van der Waals surface area contributed by atoms with Crippen molar-refractivity contribution in [1.29, 1.82) is 0 Å². The molecule has 0 bridgehead atoms. The van der Waals surface area contributed by atoms with E-state index in [9.17, 15) is 14.4 Å².